The predicted molar refractivity (Wildman–Crippen MR) is 78.2 cm³/mol. The average molecular weight is 315 g/mol. The zero-order valence-corrected chi connectivity index (χ0v) is 12.4. The van der Waals surface area contributed by atoms with Gasteiger partial charge in [0.25, 0.3) is 5.91 Å². The van der Waals surface area contributed by atoms with Gasteiger partial charge >= 0.3 is 5.97 Å². The topological polar surface area (TPSA) is 96.3 Å². The molecule has 0 saturated carbocycles. The SMILES string of the molecule is COC(=O)C1=NN(C(C)=O)C2C(=O)N(c3ccccc3)C(=O)C12. The standard InChI is InChI=1S/C15H13N3O5/c1-8(19)18-12-10(11(16-18)15(22)23-2)13(20)17(14(12)21)9-6-4-3-5-7-9/h3-7,10,12H,1-2H3. The summed E-state index contributed by atoms with van der Waals surface area (Å²) in [6, 6.07) is 7.17. The maximum absolute atomic E-state index is 12.7. The summed E-state index contributed by atoms with van der Waals surface area (Å²) in [5.74, 6) is -3.70. The van der Waals surface area contributed by atoms with E-state index in [0.29, 0.717) is 5.69 Å². The lowest BCUT2D eigenvalue weighted by Crippen LogP contribution is -2.41. The van der Waals surface area contributed by atoms with E-state index in [1.165, 1.54) is 6.92 Å². The highest BCUT2D eigenvalue weighted by atomic mass is 16.5. The van der Waals surface area contributed by atoms with Crippen molar-refractivity contribution in [2.75, 3.05) is 12.0 Å². The van der Waals surface area contributed by atoms with E-state index >= 15 is 0 Å². The van der Waals surface area contributed by atoms with Crippen LogP contribution in [0.15, 0.2) is 35.4 Å². The fourth-order valence-electron chi connectivity index (χ4n) is 2.78. The van der Waals surface area contributed by atoms with E-state index in [1.807, 2.05) is 0 Å². The first-order valence-corrected chi connectivity index (χ1v) is 6.87. The van der Waals surface area contributed by atoms with E-state index in [1.54, 1.807) is 30.3 Å². The molecule has 0 aliphatic carbocycles. The van der Waals surface area contributed by atoms with E-state index in [-0.39, 0.29) is 5.71 Å². The quantitative estimate of drug-likeness (QED) is 0.562. The normalized spacial score (nSPS) is 23.0. The highest BCUT2D eigenvalue weighted by Gasteiger charge is 2.59. The second kappa shape index (κ2) is 5.31. The smallest absolute Gasteiger partial charge is 0.355 e. The third-order valence-electron chi connectivity index (χ3n) is 3.78. The van der Waals surface area contributed by atoms with Crippen LogP contribution in [0.5, 0.6) is 0 Å². The molecule has 3 rings (SSSR count). The van der Waals surface area contributed by atoms with Gasteiger partial charge < -0.3 is 4.74 Å². The molecule has 8 nitrogen and oxygen atoms in total. The van der Waals surface area contributed by atoms with Crippen LogP contribution in [0.3, 0.4) is 0 Å². The maximum Gasteiger partial charge on any atom is 0.355 e. The Morgan fingerprint density at radius 1 is 1.13 bits per heavy atom. The highest BCUT2D eigenvalue weighted by molar-refractivity contribution is 6.46. The summed E-state index contributed by atoms with van der Waals surface area (Å²) in [6.45, 7) is 1.21. The maximum atomic E-state index is 12.7. The molecule has 2 unspecified atom stereocenters. The Morgan fingerprint density at radius 2 is 1.78 bits per heavy atom. The van der Waals surface area contributed by atoms with Crippen molar-refractivity contribution in [3.05, 3.63) is 30.3 Å². The molecular weight excluding hydrogens is 302 g/mol. The molecule has 3 amide bonds. The summed E-state index contributed by atoms with van der Waals surface area (Å²) in [7, 11) is 1.15. The molecule has 0 N–H and O–H groups in total. The molecule has 0 bridgehead atoms. The third-order valence-corrected chi connectivity index (χ3v) is 3.78. The first-order valence-electron chi connectivity index (χ1n) is 6.87. The van der Waals surface area contributed by atoms with Crippen LogP contribution in [0.1, 0.15) is 6.92 Å². The van der Waals surface area contributed by atoms with Crippen LogP contribution in [0.2, 0.25) is 0 Å². The van der Waals surface area contributed by atoms with Gasteiger partial charge in [-0.05, 0) is 12.1 Å². The number of carbonyl (C=O) groups is 4. The van der Waals surface area contributed by atoms with Crippen LogP contribution in [0.25, 0.3) is 0 Å². The van der Waals surface area contributed by atoms with Gasteiger partial charge in [-0.15, -0.1) is 0 Å². The molecule has 118 valence electrons. The molecule has 1 aromatic rings. The number of fused-ring (bicyclic) bond motifs is 1. The number of esters is 1. The van der Waals surface area contributed by atoms with Crippen LogP contribution in [-0.2, 0) is 23.9 Å². The van der Waals surface area contributed by atoms with Crippen molar-refractivity contribution < 1.29 is 23.9 Å². The van der Waals surface area contributed by atoms with Gasteiger partial charge in [-0.1, -0.05) is 18.2 Å². The van der Waals surface area contributed by atoms with E-state index < -0.39 is 35.7 Å². The molecule has 1 aromatic carbocycles. The Bertz CT molecular complexity index is 743. The number of hydrogen-bond donors (Lipinski definition) is 0. The summed E-state index contributed by atoms with van der Waals surface area (Å²) in [5.41, 5.74) is 0.147. The summed E-state index contributed by atoms with van der Waals surface area (Å²) in [4.78, 5) is 49.9. The molecular formula is C15H13N3O5. The first kappa shape index (κ1) is 14.9. The van der Waals surface area contributed by atoms with Crippen LogP contribution in [-0.4, -0.2) is 47.6 Å². The van der Waals surface area contributed by atoms with E-state index in [2.05, 4.69) is 9.84 Å². The Labute approximate surface area is 131 Å². The van der Waals surface area contributed by atoms with E-state index in [4.69, 9.17) is 0 Å². The molecule has 0 spiro atoms. The Balaban J connectivity index is 2.07. The minimum absolute atomic E-state index is 0.232. The third kappa shape index (κ3) is 2.10. The number of anilines is 1. The Morgan fingerprint density at radius 3 is 2.35 bits per heavy atom. The monoisotopic (exact) mass is 315 g/mol. The average Bonchev–Trinajstić information content (AvgIpc) is 3.05. The Hall–Kier alpha value is -3.03. The fraction of sp³-hybridized carbons (Fsp3) is 0.267. The van der Waals surface area contributed by atoms with Gasteiger partial charge in [-0.2, -0.15) is 5.10 Å². The van der Waals surface area contributed by atoms with Crippen molar-refractivity contribution in [3.63, 3.8) is 0 Å². The van der Waals surface area contributed by atoms with Crippen LogP contribution in [0, 0.1) is 5.92 Å². The lowest BCUT2D eigenvalue weighted by Gasteiger charge is -2.19. The fourth-order valence-corrected chi connectivity index (χ4v) is 2.78. The van der Waals surface area contributed by atoms with Gasteiger partial charge in [0.15, 0.2) is 11.8 Å². The summed E-state index contributed by atoms with van der Waals surface area (Å²) < 4.78 is 4.61. The summed E-state index contributed by atoms with van der Waals surface area (Å²) >= 11 is 0. The van der Waals surface area contributed by atoms with E-state index in [0.717, 1.165) is 17.0 Å². The number of para-hydroxylation sites is 1. The number of carbonyl (C=O) groups excluding carboxylic acids is 4. The van der Waals surface area contributed by atoms with Gasteiger partial charge in [0, 0.05) is 6.92 Å². The van der Waals surface area contributed by atoms with Crippen LogP contribution >= 0.6 is 0 Å². The molecule has 2 atom stereocenters. The van der Waals surface area contributed by atoms with Gasteiger partial charge in [0.05, 0.1) is 12.8 Å². The van der Waals surface area contributed by atoms with Crippen LogP contribution in [0.4, 0.5) is 5.69 Å². The number of ether oxygens (including phenoxy) is 1. The number of rotatable bonds is 2. The Kier molecular flexibility index (Phi) is 3.44. The molecule has 2 heterocycles. The van der Waals surface area contributed by atoms with Crippen molar-refractivity contribution in [1.29, 1.82) is 0 Å². The number of amides is 3. The van der Waals surface area contributed by atoms with Gasteiger partial charge in [0.1, 0.15) is 5.92 Å². The first-order chi connectivity index (χ1) is 11.0. The molecule has 8 heteroatoms. The van der Waals surface area contributed by atoms with Gasteiger partial charge in [-0.3, -0.25) is 14.4 Å². The molecule has 0 aromatic heterocycles. The van der Waals surface area contributed by atoms with Gasteiger partial charge in [-0.25, -0.2) is 14.7 Å². The van der Waals surface area contributed by atoms with Gasteiger partial charge in [0.2, 0.25) is 11.8 Å². The molecule has 1 saturated heterocycles. The number of nitrogens with zero attached hydrogens (tertiary/aromatic N) is 3. The number of methoxy groups -OCH3 is 1. The molecule has 2 aliphatic rings. The minimum Gasteiger partial charge on any atom is -0.464 e. The lowest BCUT2D eigenvalue weighted by molar-refractivity contribution is -0.136. The largest absolute Gasteiger partial charge is 0.464 e. The molecule has 1 fully saturated rings. The second-order valence-corrected chi connectivity index (χ2v) is 5.11. The molecule has 23 heavy (non-hydrogen) atoms. The number of imide groups is 1. The molecule has 0 radical (unpaired) electrons. The summed E-state index contributed by atoms with van der Waals surface area (Å²) in [5, 5.41) is 4.70. The van der Waals surface area contributed by atoms with Crippen molar-refractivity contribution in [2.24, 2.45) is 11.0 Å². The number of hydrogen-bond acceptors (Lipinski definition) is 6. The van der Waals surface area contributed by atoms with Crippen LogP contribution < -0.4 is 4.90 Å². The van der Waals surface area contributed by atoms with Crippen molar-refractivity contribution >= 4 is 35.1 Å². The van der Waals surface area contributed by atoms with E-state index in [9.17, 15) is 19.2 Å². The minimum atomic E-state index is -1.14. The highest BCUT2D eigenvalue weighted by Crippen LogP contribution is 2.35. The van der Waals surface area contributed by atoms with Crippen molar-refractivity contribution in [2.45, 2.75) is 13.0 Å². The van der Waals surface area contributed by atoms with Crippen molar-refractivity contribution in [3.8, 4) is 0 Å². The van der Waals surface area contributed by atoms with Crippen molar-refractivity contribution in [1.82, 2.24) is 5.01 Å². The lowest BCUT2D eigenvalue weighted by atomic mass is 9.98. The number of benzene rings is 1. The predicted octanol–water partition coefficient (Wildman–Crippen LogP) is -0.0643. The summed E-state index contributed by atoms with van der Waals surface area (Å²) in [6.07, 6.45) is 0. The number of hydrazone groups is 1. The second-order valence-electron chi connectivity index (χ2n) is 5.11. The molecule has 2 aliphatic heterocycles. The zero-order valence-electron chi connectivity index (χ0n) is 12.4. The zero-order chi connectivity index (χ0) is 16.7.